The van der Waals surface area contributed by atoms with Crippen LogP contribution in [-0.2, 0) is 0 Å². The molecule has 0 bridgehead atoms. The first-order chi connectivity index (χ1) is 9.88. The quantitative estimate of drug-likeness (QED) is 0.704. The van der Waals surface area contributed by atoms with Crippen molar-refractivity contribution in [2.45, 2.75) is 0 Å². The van der Waals surface area contributed by atoms with Crippen LogP contribution in [0.2, 0.25) is 5.02 Å². The van der Waals surface area contributed by atoms with E-state index in [1.807, 2.05) is 0 Å². The summed E-state index contributed by atoms with van der Waals surface area (Å²) in [5.41, 5.74) is 6.85. The van der Waals surface area contributed by atoms with Crippen LogP contribution in [0.4, 0.5) is 5.69 Å². The van der Waals surface area contributed by atoms with Gasteiger partial charge in [-0.3, -0.25) is 4.79 Å². The van der Waals surface area contributed by atoms with Crippen molar-refractivity contribution in [1.82, 2.24) is 0 Å². The van der Waals surface area contributed by atoms with Crippen LogP contribution in [0, 0.1) is 0 Å². The van der Waals surface area contributed by atoms with Gasteiger partial charge in [0.15, 0.2) is 0 Å². The van der Waals surface area contributed by atoms with Crippen molar-refractivity contribution >= 4 is 56.3 Å². The highest BCUT2D eigenvalue weighted by molar-refractivity contribution is 9.10. The maximum Gasteiger partial charge on any atom is 0.255 e. The molecule has 0 spiro atoms. The van der Waals surface area contributed by atoms with Crippen molar-refractivity contribution in [3.8, 4) is 5.75 Å². The molecular formula is C14H10BrClN2O2S. The SMILES string of the molecule is NC(=S)c1ccc(Cl)cc1NC(=O)c1ccc(Br)c(O)c1. The van der Waals surface area contributed by atoms with E-state index in [1.54, 1.807) is 30.3 Å². The number of phenols is 1. The fraction of sp³-hybridized carbons (Fsp3) is 0. The second kappa shape index (κ2) is 6.43. The summed E-state index contributed by atoms with van der Waals surface area (Å²) in [7, 11) is 0. The van der Waals surface area contributed by atoms with Crippen molar-refractivity contribution in [2.24, 2.45) is 5.73 Å². The van der Waals surface area contributed by atoms with Crippen LogP contribution in [-0.4, -0.2) is 16.0 Å². The lowest BCUT2D eigenvalue weighted by Gasteiger charge is -2.11. The van der Waals surface area contributed by atoms with Gasteiger partial charge in [-0.1, -0.05) is 23.8 Å². The Bertz CT molecular complexity index is 737. The van der Waals surface area contributed by atoms with Crippen LogP contribution < -0.4 is 11.1 Å². The van der Waals surface area contributed by atoms with Gasteiger partial charge in [-0.15, -0.1) is 0 Å². The number of nitrogens with one attached hydrogen (secondary N) is 1. The van der Waals surface area contributed by atoms with Gasteiger partial charge in [0, 0.05) is 16.1 Å². The number of carbonyl (C=O) groups is 1. The molecule has 0 unspecified atom stereocenters. The van der Waals surface area contributed by atoms with E-state index in [9.17, 15) is 9.90 Å². The number of benzene rings is 2. The molecule has 0 saturated heterocycles. The topological polar surface area (TPSA) is 75.3 Å². The summed E-state index contributed by atoms with van der Waals surface area (Å²) >= 11 is 14.0. The highest BCUT2D eigenvalue weighted by Gasteiger charge is 2.12. The molecule has 108 valence electrons. The predicted octanol–water partition coefficient (Wildman–Crippen LogP) is 3.69. The molecule has 2 aromatic rings. The summed E-state index contributed by atoms with van der Waals surface area (Å²) in [6.45, 7) is 0. The Labute approximate surface area is 140 Å². The minimum Gasteiger partial charge on any atom is -0.507 e. The molecular weight excluding hydrogens is 376 g/mol. The van der Waals surface area contributed by atoms with E-state index in [0.29, 0.717) is 26.3 Å². The second-order valence-corrected chi connectivity index (χ2v) is 5.91. The van der Waals surface area contributed by atoms with Gasteiger partial charge in [0.2, 0.25) is 0 Å². The second-order valence-electron chi connectivity index (χ2n) is 4.17. The number of carbonyl (C=O) groups excluding carboxylic acids is 1. The van der Waals surface area contributed by atoms with Crippen LogP contribution in [0.15, 0.2) is 40.9 Å². The largest absolute Gasteiger partial charge is 0.507 e. The van der Waals surface area contributed by atoms with Crippen molar-refractivity contribution < 1.29 is 9.90 Å². The van der Waals surface area contributed by atoms with Crippen LogP contribution in [0.1, 0.15) is 15.9 Å². The Hall–Kier alpha value is -1.63. The predicted molar refractivity (Wildman–Crippen MR) is 91.1 cm³/mol. The molecule has 7 heteroatoms. The van der Waals surface area contributed by atoms with Crippen LogP contribution in [0.25, 0.3) is 0 Å². The lowest BCUT2D eigenvalue weighted by molar-refractivity contribution is 0.102. The molecule has 1 amide bonds. The van der Waals surface area contributed by atoms with Gasteiger partial charge in [0.25, 0.3) is 5.91 Å². The first-order valence-electron chi connectivity index (χ1n) is 5.77. The van der Waals surface area contributed by atoms with Crippen molar-refractivity contribution in [3.63, 3.8) is 0 Å². The third-order valence-corrected chi connectivity index (χ3v) is 3.83. The smallest absolute Gasteiger partial charge is 0.255 e. The number of rotatable bonds is 3. The molecule has 0 saturated carbocycles. The van der Waals surface area contributed by atoms with E-state index in [4.69, 9.17) is 29.6 Å². The third-order valence-electron chi connectivity index (χ3n) is 2.70. The maximum absolute atomic E-state index is 12.2. The first-order valence-corrected chi connectivity index (χ1v) is 7.35. The molecule has 2 aromatic carbocycles. The minimum absolute atomic E-state index is 0.0247. The van der Waals surface area contributed by atoms with E-state index in [1.165, 1.54) is 6.07 Å². The highest BCUT2D eigenvalue weighted by Crippen LogP contribution is 2.26. The molecule has 0 radical (unpaired) electrons. The molecule has 4 N–H and O–H groups in total. The molecule has 0 aliphatic rings. The lowest BCUT2D eigenvalue weighted by atomic mass is 10.1. The normalized spacial score (nSPS) is 10.2. The van der Waals surface area contributed by atoms with Gasteiger partial charge in [-0.05, 0) is 52.3 Å². The Morgan fingerprint density at radius 1 is 1.29 bits per heavy atom. The van der Waals surface area contributed by atoms with Gasteiger partial charge in [0.05, 0.1) is 10.2 Å². The van der Waals surface area contributed by atoms with Gasteiger partial charge in [-0.2, -0.15) is 0 Å². The van der Waals surface area contributed by atoms with Crippen LogP contribution in [0.5, 0.6) is 5.75 Å². The molecule has 0 fully saturated rings. The van der Waals surface area contributed by atoms with Gasteiger partial charge < -0.3 is 16.2 Å². The zero-order chi connectivity index (χ0) is 15.6. The summed E-state index contributed by atoms with van der Waals surface area (Å²) in [4.78, 5) is 12.4. The van der Waals surface area contributed by atoms with Crippen molar-refractivity contribution in [3.05, 3.63) is 57.0 Å². The van der Waals surface area contributed by atoms with Gasteiger partial charge in [-0.25, -0.2) is 0 Å². The van der Waals surface area contributed by atoms with E-state index in [2.05, 4.69) is 21.2 Å². The first kappa shape index (κ1) is 15.8. The lowest BCUT2D eigenvalue weighted by Crippen LogP contribution is -2.17. The Kier molecular flexibility index (Phi) is 4.82. The number of aromatic hydroxyl groups is 1. The molecule has 0 atom stereocenters. The molecule has 0 heterocycles. The summed E-state index contributed by atoms with van der Waals surface area (Å²) in [5.74, 6) is -0.430. The highest BCUT2D eigenvalue weighted by atomic mass is 79.9. The number of thiocarbonyl (C=S) groups is 1. The van der Waals surface area contributed by atoms with Crippen LogP contribution >= 0.6 is 39.7 Å². The molecule has 4 nitrogen and oxygen atoms in total. The standard InChI is InChI=1S/C14H10BrClN2O2S/c15-10-4-1-7(5-12(10)19)14(20)18-11-6-8(16)2-3-9(11)13(17)21/h1-6,19H,(H2,17,21)(H,18,20). The summed E-state index contributed by atoms with van der Waals surface area (Å²) in [5, 5.41) is 12.7. The Morgan fingerprint density at radius 3 is 2.62 bits per heavy atom. The number of anilines is 1. The summed E-state index contributed by atoms with van der Waals surface area (Å²) < 4.78 is 0.505. The fourth-order valence-corrected chi connectivity index (χ4v) is 2.28. The Morgan fingerprint density at radius 2 is 2.00 bits per heavy atom. The Balaban J connectivity index is 2.33. The number of phenolic OH excluding ortho intramolecular Hbond substituents is 1. The average molecular weight is 386 g/mol. The van der Waals surface area contributed by atoms with E-state index in [0.717, 1.165) is 0 Å². The number of halogens is 2. The number of hydrogen-bond acceptors (Lipinski definition) is 3. The monoisotopic (exact) mass is 384 g/mol. The number of amides is 1. The minimum atomic E-state index is -0.405. The molecule has 0 aromatic heterocycles. The van der Waals surface area contributed by atoms with E-state index in [-0.39, 0.29) is 10.7 Å². The third kappa shape index (κ3) is 3.72. The van der Waals surface area contributed by atoms with E-state index >= 15 is 0 Å². The maximum atomic E-state index is 12.2. The van der Waals surface area contributed by atoms with Gasteiger partial charge >= 0.3 is 0 Å². The zero-order valence-electron chi connectivity index (χ0n) is 10.6. The molecule has 21 heavy (non-hydrogen) atoms. The number of nitrogens with two attached hydrogens (primary N) is 1. The van der Waals surface area contributed by atoms with Crippen molar-refractivity contribution in [1.29, 1.82) is 0 Å². The zero-order valence-corrected chi connectivity index (χ0v) is 13.7. The van der Waals surface area contributed by atoms with Crippen molar-refractivity contribution in [2.75, 3.05) is 5.32 Å². The molecule has 0 aliphatic carbocycles. The number of hydrogen-bond donors (Lipinski definition) is 3. The van der Waals surface area contributed by atoms with Gasteiger partial charge in [0.1, 0.15) is 10.7 Å². The fourth-order valence-electron chi connectivity index (χ4n) is 1.68. The average Bonchev–Trinajstić information content (AvgIpc) is 2.41. The molecule has 2 rings (SSSR count). The molecule has 0 aliphatic heterocycles. The van der Waals surface area contributed by atoms with Crippen LogP contribution in [0.3, 0.4) is 0 Å². The summed E-state index contributed by atoms with van der Waals surface area (Å²) in [6, 6.07) is 9.34. The summed E-state index contributed by atoms with van der Waals surface area (Å²) in [6.07, 6.45) is 0. The van der Waals surface area contributed by atoms with E-state index < -0.39 is 5.91 Å².